The molecule has 2 aromatic rings. The van der Waals surface area contributed by atoms with E-state index in [0.717, 1.165) is 17.8 Å². The van der Waals surface area contributed by atoms with Crippen molar-refractivity contribution in [3.05, 3.63) is 62.0 Å². The van der Waals surface area contributed by atoms with E-state index in [0.29, 0.717) is 35.5 Å². The lowest BCUT2D eigenvalue weighted by atomic mass is 10.1. The van der Waals surface area contributed by atoms with Gasteiger partial charge >= 0.3 is 0 Å². The average Bonchev–Trinajstić information content (AvgIpc) is 2.58. The van der Waals surface area contributed by atoms with Crippen LogP contribution in [-0.2, 0) is 11.3 Å². The van der Waals surface area contributed by atoms with Crippen LogP contribution in [0.15, 0.2) is 35.3 Å². The van der Waals surface area contributed by atoms with E-state index in [1.165, 1.54) is 7.11 Å². The summed E-state index contributed by atoms with van der Waals surface area (Å²) in [7, 11) is 1.48. The Hall–Kier alpha value is -1.53. The van der Waals surface area contributed by atoms with Crippen LogP contribution in [0.5, 0.6) is 5.75 Å². The Labute approximate surface area is 150 Å². The lowest BCUT2D eigenvalue weighted by Crippen LogP contribution is -2.38. The molecule has 0 bridgehead atoms. The lowest BCUT2D eigenvalue weighted by Gasteiger charge is -2.33. The van der Waals surface area contributed by atoms with Crippen LogP contribution in [0.2, 0.25) is 10.0 Å². The first-order chi connectivity index (χ1) is 11.6. The van der Waals surface area contributed by atoms with Gasteiger partial charge < -0.3 is 14.5 Å². The van der Waals surface area contributed by atoms with E-state index >= 15 is 0 Å². The number of hydrogen-bond donors (Lipinski definition) is 1. The number of pyridine rings is 1. The SMILES string of the molecule is COc1c[nH]c(CN2CCO[C@H](c3ccc(Cl)c(Cl)c3)C2)cc1=O. The number of methoxy groups -OCH3 is 1. The normalized spacial score (nSPS) is 18.5. The summed E-state index contributed by atoms with van der Waals surface area (Å²) in [5.74, 6) is 0.314. The molecular formula is C17H18Cl2N2O3. The molecule has 0 unspecified atom stereocenters. The van der Waals surface area contributed by atoms with E-state index < -0.39 is 0 Å². The summed E-state index contributed by atoms with van der Waals surface area (Å²) in [6.07, 6.45) is 1.52. The third kappa shape index (κ3) is 3.92. The third-order valence-corrected chi connectivity index (χ3v) is 4.76. The standard InChI is InChI=1S/C17H18Cl2N2O3/c1-23-16-8-20-12(7-15(16)22)9-21-4-5-24-17(10-21)11-2-3-13(18)14(19)6-11/h2-3,6-8,17H,4-5,9-10H2,1H3,(H,20,22)/t17-/m0/s1. The smallest absolute Gasteiger partial charge is 0.223 e. The van der Waals surface area contributed by atoms with Crippen LogP contribution in [0.4, 0.5) is 0 Å². The minimum atomic E-state index is -0.124. The minimum absolute atomic E-state index is 0.0708. The van der Waals surface area contributed by atoms with E-state index in [4.69, 9.17) is 32.7 Å². The molecule has 1 saturated heterocycles. The number of aromatic nitrogens is 1. The monoisotopic (exact) mass is 368 g/mol. The predicted molar refractivity (Wildman–Crippen MR) is 94.0 cm³/mol. The van der Waals surface area contributed by atoms with Crippen molar-refractivity contribution in [2.45, 2.75) is 12.6 Å². The van der Waals surface area contributed by atoms with Crippen molar-refractivity contribution in [2.75, 3.05) is 26.8 Å². The highest BCUT2D eigenvalue weighted by Gasteiger charge is 2.23. The van der Waals surface area contributed by atoms with Gasteiger partial charge in [-0.2, -0.15) is 0 Å². The summed E-state index contributed by atoms with van der Waals surface area (Å²) in [5.41, 5.74) is 1.72. The number of benzene rings is 1. The molecule has 1 aliphatic rings. The highest BCUT2D eigenvalue weighted by molar-refractivity contribution is 6.42. The van der Waals surface area contributed by atoms with Gasteiger partial charge in [0.2, 0.25) is 5.43 Å². The second-order valence-electron chi connectivity index (χ2n) is 5.66. The van der Waals surface area contributed by atoms with Gasteiger partial charge in [-0.1, -0.05) is 29.3 Å². The van der Waals surface area contributed by atoms with E-state index in [1.807, 2.05) is 12.1 Å². The highest BCUT2D eigenvalue weighted by Crippen LogP contribution is 2.29. The first-order valence-corrected chi connectivity index (χ1v) is 8.37. The summed E-state index contributed by atoms with van der Waals surface area (Å²) in [6.45, 7) is 2.77. The molecular weight excluding hydrogens is 351 g/mol. The molecule has 24 heavy (non-hydrogen) atoms. The molecule has 128 valence electrons. The van der Waals surface area contributed by atoms with Gasteiger partial charge in [0.1, 0.15) is 0 Å². The average molecular weight is 369 g/mol. The van der Waals surface area contributed by atoms with E-state index in [-0.39, 0.29) is 11.5 Å². The molecule has 1 aliphatic heterocycles. The first kappa shape index (κ1) is 17.3. The number of morpholine rings is 1. The maximum Gasteiger partial charge on any atom is 0.223 e. The number of rotatable bonds is 4. The molecule has 1 aromatic carbocycles. The summed E-state index contributed by atoms with van der Waals surface area (Å²) in [6, 6.07) is 7.12. The van der Waals surface area contributed by atoms with Crippen molar-refractivity contribution in [1.29, 1.82) is 0 Å². The molecule has 5 nitrogen and oxygen atoms in total. The lowest BCUT2D eigenvalue weighted by molar-refractivity contribution is -0.0332. The molecule has 0 spiro atoms. The Morgan fingerprint density at radius 3 is 2.88 bits per heavy atom. The molecule has 1 atom stereocenters. The Kier molecular flexibility index (Phi) is 5.46. The van der Waals surface area contributed by atoms with Gasteiger partial charge in [0.25, 0.3) is 0 Å². The number of aromatic amines is 1. The molecule has 1 fully saturated rings. The van der Waals surface area contributed by atoms with Crippen molar-refractivity contribution >= 4 is 23.2 Å². The zero-order valence-electron chi connectivity index (χ0n) is 13.2. The van der Waals surface area contributed by atoms with Crippen LogP contribution >= 0.6 is 23.2 Å². The number of halogens is 2. The topological polar surface area (TPSA) is 54.6 Å². The second kappa shape index (κ2) is 7.57. The van der Waals surface area contributed by atoms with Crippen LogP contribution in [-0.4, -0.2) is 36.7 Å². The summed E-state index contributed by atoms with van der Waals surface area (Å²) < 4.78 is 10.8. The Morgan fingerprint density at radius 1 is 1.33 bits per heavy atom. The maximum absolute atomic E-state index is 11.9. The van der Waals surface area contributed by atoms with Crippen molar-refractivity contribution in [3.8, 4) is 5.75 Å². The third-order valence-electron chi connectivity index (χ3n) is 4.02. The van der Waals surface area contributed by atoms with Gasteiger partial charge in [-0.25, -0.2) is 0 Å². The molecule has 7 heteroatoms. The largest absolute Gasteiger partial charge is 0.491 e. The number of ether oxygens (including phenoxy) is 2. The predicted octanol–water partition coefficient (Wildman–Crippen LogP) is 3.26. The van der Waals surface area contributed by atoms with E-state index in [1.54, 1.807) is 18.3 Å². The molecule has 1 aromatic heterocycles. The minimum Gasteiger partial charge on any atom is -0.491 e. The van der Waals surface area contributed by atoms with Crippen molar-refractivity contribution in [1.82, 2.24) is 9.88 Å². The van der Waals surface area contributed by atoms with Gasteiger partial charge in [-0.05, 0) is 17.7 Å². The Bertz CT molecular complexity index is 779. The number of H-pyrrole nitrogens is 1. The molecule has 0 radical (unpaired) electrons. The van der Waals surface area contributed by atoms with Gasteiger partial charge in [0.05, 0.1) is 29.9 Å². The van der Waals surface area contributed by atoms with E-state index in [2.05, 4.69) is 9.88 Å². The Morgan fingerprint density at radius 2 is 2.17 bits per heavy atom. The van der Waals surface area contributed by atoms with E-state index in [9.17, 15) is 4.79 Å². The van der Waals surface area contributed by atoms with Crippen molar-refractivity contribution in [3.63, 3.8) is 0 Å². The van der Waals surface area contributed by atoms with Crippen molar-refractivity contribution < 1.29 is 9.47 Å². The summed E-state index contributed by atoms with van der Waals surface area (Å²) in [4.78, 5) is 17.2. The summed E-state index contributed by atoms with van der Waals surface area (Å²) >= 11 is 12.1. The maximum atomic E-state index is 11.9. The fourth-order valence-electron chi connectivity index (χ4n) is 2.75. The quantitative estimate of drug-likeness (QED) is 0.899. The van der Waals surface area contributed by atoms with Crippen LogP contribution < -0.4 is 10.2 Å². The Balaban J connectivity index is 1.70. The van der Waals surface area contributed by atoms with Crippen LogP contribution in [0.3, 0.4) is 0 Å². The zero-order valence-corrected chi connectivity index (χ0v) is 14.7. The molecule has 3 rings (SSSR count). The fourth-order valence-corrected chi connectivity index (χ4v) is 3.06. The zero-order chi connectivity index (χ0) is 17.1. The van der Waals surface area contributed by atoms with Crippen LogP contribution in [0.1, 0.15) is 17.4 Å². The molecule has 2 heterocycles. The van der Waals surface area contributed by atoms with Crippen molar-refractivity contribution in [2.24, 2.45) is 0 Å². The highest BCUT2D eigenvalue weighted by atomic mass is 35.5. The van der Waals surface area contributed by atoms with Crippen LogP contribution in [0, 0.1) is 0 Å². The van der Waals surface area contributed by atoms with Gasteiger partial charge in [0.15, 0.2) is 5.75 Å². The molecule has 0 saturated carbocycles. The first-order valence-electron chi connectivity index (χ1n) is 7.61. The fraction of sp³-hybridized carbons (Fsp3) is 0.353. The number of hydrogen-bond acceptors (Lipinski definition) is 4. The summed E-state index contributed by atoms with van der Waals surface area (Å²) in [5, 5.41) is 1.05. The molecule has 0 amide bonds. The van der Waals surface area contributed by atoms with Gasteiger partial charge in [-0.15, -0.1) is 0 Å². The molecule has 0 aliphatic carbocycles. The van der Waals surface area contributed by atoms with Gasteiger partial charge in [0, 0.05) is 37.6 Å². The van der Waals surface area contributed by atoms with Crippen LogP contribution in [0.25, 0.3) is 0 Å². The van der Waals surface area contributed by atoms with Gasteiger partial charge in [-0.3, -0.25) is 9.69 Å². The number of nitrogens with one attached hydrogen (secondary N) is 1. The molecule has 1 N–H and O–H groups in total. The number of nitrogens with zero attached hydrogens (tertiary/aromatic N) is 1. The second-order valence-corrected chi connectivity index (χ2v) is 6.47.